The summed E-state index contributed by atoms with van der Waals surface area (Å²) in [5.41, 5.74) is 5.67. The van der Waals surface area contributed by atoms with Crippen molar-refractivity contribution in [1.29, 1.82) is 0 Å². The van der Waals surface area contributed by atoms with Crippen molar-refractivity contribution in [2.24, 2.45) is 4.99 Å². The van der Waals surface area contributed by atoms with Gasteiger partial charge in [0.1, 0.15) is 6.04 Å². The van der Waals surface area contributed by atoms with Gasteiger partial charge in [-0.15, -0.1) is 0 Å². The van der Waals surface area contributed by atoms with Crippen molar-refractivity contribution in [2.75, 3.05) is 6.54 Å². The third-order valence-corrected chi connectivity index (χ3v) is 5.07. The standard InChI is InChI=1S/C21H24N2/c1-2-12-20(22-15-7-1)23-21-18-10-5-3-8-16(18)13-14-17-9-4-6-11-19(17)21/h3-6,8-11,21H,1-2,7,12-15H2,(H,22,23). The van der Waals surface area contributed by atoms with Crippen molar-refractivity contribution < 1.29 is 0 Å². The first-order chi connectivity index (χ1) is 11.4. The Kier molecular flexibility index (Phi) is 4.14. The highest BCUT2D eigenvalue weighted by molar-refractivity contribution is 5.83. The third kappa shape index (κ3) is 3.03. The Morgan fingerprint density at radius 3 is 2.09 bits per heavy atom. The highest BCUT2D eigenvalue weighted by atomic mass is 15.0. The fourth-order valence-electron chi connectivity index (χ4n) is 3.81. The average Bonchev–Trinajstić information content (AvgIpc) is 2.94. The normalized spacial score (nSPS) is 20.1. The lowest BCUT2D eigenvalue weighted by atomic mass is 9.95. The maximum Gasteiger partial charge on any atom is 0.102 e. The number of aliphatic imine (C=N–C) groups is 1. The molecule has 0 radical (unpaired) electrons. The molecule has 2 aliphatic rings. The predicted molar refractivity (Wildman–Crippen MR) is 96.0 cm³/mol. The number of amidine groups is 1. The molecule has 0 amide bonds. The van der Waals surface area contributed by atoms with E-state index in [0.29, 0.717) is 0 Å². The van der Waals surface area contributed by atoms with Gasteiger partial charge in [-0.3, -0.25) is 4.99 Å². The van der Waals surface area contributed by atoms with Gasteiger partial charge in [0, 0.05) is 13.0 Å². The number of nitrogens with zero attached hydrogens (tertiary/aromatic N) is 1. The van der Waals surface area contributed by atoms with Gasteiger partial charge in [0.15, 0.2) is 0 Å². The fraction of sp³-hybridized carbons (Fsp3) is 0.381. The smallest absolute Gasteiger partial charge is 0.102 e. The molecular formula is C21H24N2. The maximum absolute atomic E-state index is 5.20. The second-order valence-electron chi connectivity index (χ2n) is 6.61. The lowest BCUT2D eigenvalue weighted by molar-refractivity contribution is 0.721. The Balaban J connectivity index is 1.81. The summed E-state index contributed by atoms with van der Waals surface area (Å²) >= 11 is 0. The van der Waals surface area contributed by atoms with Crippen LogP contribution < -0.4 is 5.32 Å². The molecule has 0 saturated carbocycles. The van der Waals surface area contributed by atoms with Crippen molar-refractivity contribution in [3.8, 4) is 0 Å². The van der Waals surface area contributed by atoms with Crippen LogP contribution in [0.5, 0.6) is 0 Å². The number of hydrogen-bond donors (Lipinski definition) is 1. The van der Waals surface area contributed by atoms with Crippen LogP contribution in [0.1, 0.15) is 54.0 Å². The summed E-state index contributed by atoms with van der Waals surface area (Å²) in [6.07, 6.45) is 7.13. The fourth-order valence-corrected chi connectivity index (χ4v) is 3.81. The van der Waals surface area contributed by atoms with E-state index in [1.165, 1.54) is 47.4 Å². The Morgan fingerprint density at radius 2 is 1.39 bits per heavy atom. The van der Waals surface area contributed by atoms with E-state index in [1.54, 1.807) is 0 Å². The van der Waals surface area contributed by atoms with E-state index < -0.39 is 0 Å². The number of nitrogens with one attached hydrogen (secondary N) is 1. The molecule has 1 heterocycles. The molecule has 1 aliphatic heterocycles. The Hall–Kier alpha value is -2.09. The minimum atomic E-state index is 0.144. The van der Waals surface area contributed by atoms with Gasteiger partial charge in [0.05, 0.1) is 5.84 Å². The van der Waals surface area contributed by atoms with Crippen LogP contribution in [0.3, 0.4) is 0 Å². The van der Waals surface area contributed by atoms with Gasteiger partial charge >= 0.3 is 0 Å². The van der Waals surface area contributed by atoms with E-state index in [-0.39, 0.29) is 6.04 Å². The van der Waals surface area contributed by atoms with E-state index in [4.69, 9.17) is 4.99 Å². The van der Waals surface area contributed by atoms with Crippen molar-refractivity contribution in [3.63, 3.8) is 0 Å². The zero-order valence-electron chi connectivity index (χ0n) is 13.6. The summed E-state index contributed by atoms with van der Waals surface area (Å²) < 4.78 is 0. The van der Waals surface area contributed by atoms with E-state index in [0.717, 1.165) is 25.8 Å². The van der Waals surface area contributed by atoms with Crippen molar-refractivity contribution >= 4 is 5.84 Å². The van der Waals surface area contributed by atoms with Crippen LogP contribution in [0.2, 0.25) is 0 Å². The molecule has 118 valence electrons. The van der Waals surface area contributed by atoms with Gasteiger partial charge in [0.2, 0.25) is 0 Å². The van der Waals surface area contributed by atoms with Crippen LogP contribution >= 0.6 is 0 Å². The van der Waals surface area contributed by atoms with Gasteiger partial charge in [-0.1, -0.05) is 55.0 Å². The molecule has 4 rings (SSSR count). The van der Waals surface area contributed by atoms with Crippen molar-refractivity contribution in [1.82, 2.24) is 5.32 Å². The second-order valence-corrected chi connectivity index (χ2v) is 6.61. The molecular weight excluding hydrogens is 280 g/mol. The lowest BCUT2D eigenvalue weighted by Gasteiger charge is -2.18. The zero-order valence-corrected chi connectivity index (χ0v) is 13.6. The van der Waals surface area contributed by atoms with Gasteiger partial charge in [-0.05, 0) is 47.9 Å². The molecule has 2 aromatic carbocycles. The summed E-state index contributed by atoms with van der Waals surface area (Å²) in [6.45, 7) is 1.06. The molecule has 0 aromatic heterocycles. The summed E-state index contributed by atoms with van der Waals surface area (Å²) in [5.74, 6) is 1.19. The van der Waals surface area contributed by atoms with Gasteiger partial charge in [-0.25, -0.2) is 0 Å². The van der Waals surface area contributed by atoms with E-state index in [1.807, 2.05) is 0 Å². The van der Waals surface area contributed by atoms with E-state index >= 15 is 0 Å². The zero-order chi connectivity index (χ0) is 15.5. The van der Waals surface area contributed by atoms with Crippen molar-refractivity contribution in [2.45, 2.75) is 44.6 Å². The third-order valence-electron chi connectivity index (χ3n) is 5.07. The minimum Gasteiger partial charge on any atom is -0.374 e. The lowest BCUT2D eigenvalue weighted by Crippen LogP contribution is -2.23. The highest BCUT2D eigenvalue weighted by Gasteiger charge is 2.23. The molecule has 0 unspecified atom stereocenters. The number of benzene rings is 2. The van der Waals surface area contributed by atoms with Crippen molar-refractivity contribution in [3.05, 3.63) is 70.8 Å². The SMILES string of the molecule is c1ccc2c(c1)CCc1ccccc1C2N=C1CCCCCN1. The average molecular weight is 304 g/mol. The van der Waals surface area contributed by atoms with Crippen LogP contribution in [0.15, 0.2) is 53.5 Å². The highest BCUT2D eigenvalue weighted by Crippen LogP contribution is 2.35. The quantitative estimate of drug-likeness (QED) is 0.827. The maximum atomic E-state index is 5.20. The summed E-state index contributed by atoms with van der Waals surface area (Å²) in [5, 5.41) is 3.56. The summed E-state index contributed by atoms with van der Waals surface area (Å²) in [7, 11) is 0. The number of hydrogen-bond acceptors (Lipinski definition) is 1. The molecule has 1 N–H and O–H groups in total. The summed E-state index contributed by atoms with van der Waals surface area (Å²) in [6, 6.07) is 17.8. The van der Waals surface area contributed by atoms with Crippen LogP contribution in [-0.2, 0) is 12.8 Å². The number of fused-ring (bicyclic) bond motifs is 2. The van der Waals surface area contributed by atoms with Crippen LogP contribution in [0, 0.1) is 0 Å². The molecule has 0 atom stereocenters. The van der Waals surface area contributed by atoms with Gasteiger partial charge in [-0.2, -0.15) is 0 Å². The molecule has 2 heteroatoms. The first-order valence-corrected chi connectivity index (χ1v) is 8.88. The number of aryl methyl sites for hydroxylation is 2. The first kappa shape index (κ1) is 14.5. The minimum absolute atomic E-state index is 0.144. The Bertz CT molecular complexity index is 660. The van der Waals surface area contributed by atoms with Crippen LogP contribution in [0.25, 0.3) is 0 Å². The molecule has 2 nitrogen and oxygen atoms in total. The molecule has 0 spiro atoms. The van der Waals surface area contributed by atoms with Gasteiger partial charge < -0.3 is 5.32 Å². The van der Waals surface area contributed by atoms with Gasteiger partial charge in [0.25, 0.3) is 0 Å². The topological polar surface area (TPSA) is 24.4 Å². The molecule has 2 aromatic rings. The number of rotatable bonds is 1. The first-order valence-electron chi connectivity index (χ1n) is 8.88. The van der Waals surface area contributed by atoms with E-state index in [9.17, 15) is 0 Å². The monoisotopic (exact) mass is 304 g/mol. The second kappa shape index (κ2) is 6.57. The predicted octanol–water partition coefficient (Wildman–Crippen LogP) is 4.44. The largest absolute Gasteiger partial charge is 0.374 e. The molecule has 1 saturated heterocycles. The molecule has 0 bridgehead atoms. The Labute approximate surface area is 138 Å². The summed E-state index contributed by atoms with van der Waals surface area (Å²) in [4.78, 5) is 5.20. The molecule has 1 aliphatic carbocycles. The van der Waals surface area contributed by atoms with E-state index in [2.05, 4.69) is 53.8 Å². The molecule has 23 heavy (non-hydrogen) atoms. The van der Waals surface area contributed by atoms with Crippen LogP contribution in [0.4, 0.5) is 0 Å². The van der Waals surface area contributed by atoms with Crippen LogP contribution in [-0.4, -0.2) is 12.4 Å². The Morgan fingerprint density at radius 1 is 0.739 bits per heavy atom. The molecule has 1 fully saturated rings.